The van der Waals surface area contributed by atoms with E-state index in [1.165, 1.54) is 11.6 Å². The Kier molecular flexibility index (Phi) is 6.25. The zero-order valence-corrected chi connectivity index (χ0v) is 19.0. The van der Waals surface area contributed by atoms with E-state index in [0.717, 1.165) is 50.2 Å². The molecule has 0 saturated carbocycles. The average Bonchev–Trinajstić information content (AvgIpc) is 3.07. The summed E-state index contributed by atoms with van der Waals surface area (Å²) in [6.45, 7) is 3.27. The summed E-state index contributed by atoms with van der Waals surface area (Å²) in [4.78, 5) is 17.0. The smallest absolute Gasteiger partial charge is 0.254 e. The molecule has 0 spiro atoms. The number of carbonyl (C=O) groups is 1. The number of hydrogen-bond donors (Lipinski definition) is 1. The van der Waals surface area contributed by atoms with Gasteiger partial charge in [-0.05, 0) is 54.7 Å². The van der Waals surface area contributed by atoms with Gasteiger partial charge in [0.1, 0.15) is 10.6 Å². The first-order chi connectivity index (χ1) is 14.8. The largest absolute Gasteiger partial charge is 0.497 e. The van der Waals surface area contributed by atoms with Crippen molar-refractivity contribution in [2.45, 2.75) is 36.7 Å². The highest BCUT2D eigenvalue weighted by Gasteiger charge is 2.35. The van der Waals surface area contributed by atoms with Gasteiger partial charge in [-0.3, -0.25) is 4.79 Å². The lowest BCUT2D eigenvalue weighted by molar-refractivity contribution is 0.0598. The Bertz CT molecular complexity index is 1080. The molecule has 7 nitrogen and oxygen atoms in total. The fourth-order valence-electron chi connectivity index (χ4n) is 4.38. The second-order valence-electron chi connectivity index (χ2n) is 8.09. The summed E-state index contributed by atoms with van der Waals surface area (Å²) >= 11 is 6.09. The van der Waals surface area contributed by atoms with Crippen LogP contribution in [0.5, 0.6) is 5.75 Å². The Morgan fingerprint density at radius 1 is 1.16 bits per heavy atom. The van der Waals surface area contributed by atoms with E-state index in [-0.39, 0.29) is 21.9 Å². The lowest BCUT2D eigenvalue weighted by Crippen LogP contribution is -2.45. The number of sulfonamides is 1. The monoisotopic (exact) mass is 463 g/mol. The zero-order valence-electron chi connectivity index (χ0n) is 17.4. The minimum atomic E-state index is -3.98. The third-order valence-electron chi connectivity index (χ3n) is 6.17. The number of rotatable bonds is 6. The molecular weight excluding hydrogens is 438 g/mol. The first-order valence-electron chi connectivity index (χ1n) is 10.3. The quantitative estimate of drug-likeness (QED) is 0.710. The van der Waals surface area contributed by atoms with Gasteiger partial charge in [0.2, 0.25) is 10.0 Å². The van der Waals surface area contributed by atoms with Crippen LogP contribution in [0.3, 0.4) is 0 Å². The van der Waals surface area contributed by atoms with Gasteiger partial charge in [0.25, 0.3) is 5.91 Å². The normalized spacial score (nSPS) is 17.8. The summed E-state index contributed by atoms with van der Waals surface area (Å²) in [5, 5.41) is 5.29. The van der Waals surface area contributed by atoms with Crippen LogP contribution in [0.2, 0.25) is 5.02 Å². The highest BCUT2D eigenvalue weighted by Crippen LogP contribution is 2.33. The molecule has 2 aromatic rings. The lowest BCUT2D eigenvalue weighted by Gasteiger charge is -2.36. The SMILES string of the molecule is COc1ccc(CCN2CCC(N3Cc4cc(Cl)c(S(N)(=O)=O)cc4C3=O)CC2)cc1. The minimum absolute atomic E-state index is 0.0595. The van der Waals surface area contributed by atoms with E-state index in [9.17, 15) is 13.2 Å². The number of nitrogens with zero attached hydrogens (tertiary/aromatic N) is 2. The molecule has 2 aliphatic heterocycles. The van der Waals surface area contributed by atoms with Crippen LogP contribution < -0.4 is 9.88 Å². The van der Waals surface area contributed by atoms with Gasteiger partial charge in [-0.25, -0.2) is 13.6 Å². The van der Waals surface area contributed by atoms with Gasteiger partial charge >= 0.3 is 0 Å². The summed E-state index contributed by atoms with van der Waals surface area (Å²) in [5.41, 5.74) is 2.41. The number of likely N-dealkylation sites (tertiary alicyclic amines) is 1. The fourth-order valence-corrected chi connectivity index (χ4v) is 5.50. The molecule has 9 heteroatoms. The van der Waals surface area contributed by atoms with Crippen molar-refractivity contribution in [2.75, 3.05) is 26.7 Å². The van der Waals surface area contributed by atoms with Gasteiger partial charge in [-0.2, -0.15) is 0 Å². The van der Waals surface area contributed by atoms with Gasteiger partial charge in [0.05, 0.1) is 12.1 Å². The summed E-state index contributed by atoms with van der Waals surface area (Å²) in [5.74, 6) is 0.714. The maximum absolute atomic E-state index is 13.0. The summed E-state index contributed by atoms with van der Waals surface area (Å²) < 4.78 is 28.7. The summed E-state index contributed by atoms with van der Waals surface area (Å²) in [6, 6.07) is 11.1. The van der Waals surface area contributed by atoms with Gasteiger partial charge in [-0.15, -0.1) is 0 Å². The van der Waals surface area contributed by atoms with Gasteiger partial charge in [0, 0.05) is 37.8 Å². The van der Waals surface area contributed by atoms with E-state index in [1.807, 2.05) is 17.0 Å². The standard InChI is InChI=1S/C22H26ClN3O4S/c1-30-18-4-2-15(3-5-18)6-9-25-10-7-17(8-11-25)26-14-16-12-20(23)21(31(24,28)29)13-19(16)22(26)27/h2-5,12-13,17H,6-11,14H2,1H3,(H2,24,28,29). The molecular formula is C22H26ClN3O4S. The molecule has 1 saturated heterocycles. The Hall–Kier alpha value is -2.13. The predicted octanol–water partition coefficient (Wildman–Crippen LogP) is 2.66. The third-order valence-corrected chi connectivity index (χ3v) is 7.55. The molecule has 4 rings (SSSR count). The first kappa shape index (κ1) is 22.1. The molecule has 31 heavy (non-hydrogen) atoms. The topological polar surface area (TPSA) is 92.9 Å². The molecule has 2 aliphatic rings. The van der Waals surface area contributed by atoms with Crippen molar-refractivity contribution in [3.05, 3.63) is 58.1 Å². The Morgan fingerprint density at radius 2 is 1.84 bits per heavy atom. The van der Waals surface area contributed by atoms with Gasteiger partial charge in [0.15, 0.2) is 0 Å². The molecule has 166 valence electrons. The Labute approximate surface area is 187 Å². The number of methoxy groups -OCH3 is 1. The van der Waals surface area contributed by atoms with Gasteiger partial charge < -0.3 is 14.5 Å². The second kappa shape index (κ2) is 8.78. The molecule has 0 aliphatic carbocycles. The van der Waals surface area contributed by atoms with Crippen LogP contribution >= 0.6 is 11.6 Å². The number of primary sulfonamides is 1. The van der Waals surface area contributed by atoms with Crippen molar-refractivity contribution in [2.24, 2.45) is 5.14 Å². The van der Waals surface area contributed by atoms with Gasteiger partial charge in [-0.1, -0.05) is 23.7 Å². The van der Waals surface area contributed by atoms with Crippen molar-refractivity contribution < 1.29 is 17.9 Å². The minimum Gasteiger partial charge on any atom is -0.497 e. The summed E-state index contributed by atoms with van der Waals surface area (Å²) in [7, 11) is -2.31. The molecule has 2 N–H and O–H groups in total. The van der Waals surface area contributed by atoms with Crippen LogP contribution in [-0.2, 0) is 23.0 Å². The molecule has 2 heterocycles. The number of piperidine rings is 1. The zero-order chi connectivity index (χ0) is 22.2. The number of ether oxygens (including phenoxy) is 1. The van der Waals surface area contributed by atoms with Crippen LogP contribution in [0.15, 0.2) is 41.3 Å². The summed E-state index contributed by atoms with van der Waals surface area (Å²) in [6.07, 6.45) is 2.74. The van der Waals surface area contributed by atoms with Crippen molar-refractivity contribution in [3.8, 4) is 5.75 Å². The number of nitrogens with two attached hydrogens (primary N) is 1. The molecule has 2 aromatic carbocycles. The maximum Gasteiger partial charge on any atom is 0.254 e. The predicted molar refractivity (Wildman–Crippen MR) is 119 cm³/mol. The number of fused-ring (bicyclic) bond motifs is 1. The van der Waals surface area contributed by atoms with Crippen LogP contribution in [0.1, 0.15) is 34.3 Å². The molecule has 0 unspecified atom stereocenters. The van der Waals surface area contributed by atoms with Crippen LogP contribution in [0.25, 0.3) is 0 Å². The Morgan fingerprint density at radius 3 is 2.45 bits per heavy atom. The second-order valence-corrected chi connectivity index (χ2v) is 10.0. The van der Waals surface area contributed by atoms with Crippen LogP contribution in [-0.4, -0.2) is 56.9 Å². The third kappa shape index (κ3) is 4.72. The number of halogens is 1. The number of carbonyl (C=O) groups excluding carboxylic acids is 1. The van der Waals surface area contributed by atoms with Crippen molar-refractivity contribution in [1.29, 1.82) is 0 Å². The molecule has 0 atom stereocenters. The lowest BCUT2D eigenvalue weighted by atomic mass is 10.0. The van der Waals surface area contributed by atoms with E-state index in [1.54, 1.807) is 13.2 Å². The number of amides is 1. The maximum atomic E-state index is 13.0. The first-order valence-corrected chi connectivity index (χ1v) is 12.2. The van der Waals surface area contributed by atoms with Crippen molar-refractivity contribution in [1.82, 2.24) is 9.80 Å². The Balaban J connectivity index is 1.35. The fraction of sp³-hybridized carbons (Fsp3) is 0.409. The molecule has 0 bridgehead atoms. The van der Waals surface area contributed by atoms with E-state index in [2.05, 4.69) is 17.0 Å². The van der Waals surface area contributed by atoms with Crippen molar-refractivity contribution in [3.63, 3.8) is 0 Å². The molecule has 0 radical (unpaired) electrons. The highest BCUT2D eigenvalue weighted by molar-refractivity contribution is 7.89. The van der Waals surface area contributed by atoms with E-state index in [0.29, 0.717) is 12.1 Å². The van der Waals surface area contributed by atoms with Crippen molar-refractivity contribution >= 4 is 27.5 Å². The average molecular weight is 464 g/mol. The molecule has 1 fully saturated rings. The number of hydrogen-bond acceptors (Lipinski definition) is 5. The molecule has 1 amide bonds. The van der Waals surface area contributed by atoms with Crippen LogP contribution in [0, 0.1) is 0 Å². The van der Waals surface area contributed by atoms with E-state index in [4.69, 9.17) is 21.5 Å². The van der Waals surface area contributed by atoms with Crippen LogP contribution in [0.4, 0.5) is 0 Å². The number of benzene rings is 2. The van der Waals surface area contributed by atoms with E-state index >= 15 is 0 Å². The highest BCUT2D eigenvalue weighted by atomic mass is 35.5. The molecule has 0 aromatic heterocycles. The van der Waals surface area contributed by atoms with E-state index < -0.39 is 10.0 Å².